The van der Waals surface area contributed by atoms with Gasteiger partial charge in [0.1, 0.15) is 5.82 Å². The van der Waals surface area contributed by atoms with Crippen LogP contribution in [0.25, 0.3) is 0 Å². The summed E-state index contributed by atoms with van der Waals surface area (Å²) in [7, 11) is 4.36. The summed E-state index contributed by atoms with van der Waals surface area (Å²) in [5.74, 6) is 0.995. The van der Waals surface area contributed by atoms with Crippen molar-refractivity contribution < 1.29 is 0 Å². The second-order valence-electron chi connectivity index (χ2n) is 5.51. The van der Waals surface area contributed by atoms with Crippen LogP contribution in [-0.4, -0.2) is 49.7 Å². The zero-order chi connectivity index (χ0) is 13.7. The fraction of sp³-hybridized carbons (Fsp3) is 0.667. The lowest BCUT2D eigenvalue weighted by Crippen LogP contribution is -2.42. The van der Waals surface area contributed by atoms with Crippen LogP contribution in [0.5, 0.6) is 0 Å². The van der Waals surface area contributed by atoms with Gasteiger partial charge in [0.15, 0.2) is 0 Å². The fourth-order valence-corrected chi connectivity index (χ4v) is 2.61. The summed E-state index contributed by atoms with van der Waals surface area (Å²) in [4.78, 5) is 9.19. The molecule has 0 bridgehead atoms. The number of nitrogens with zero attached hydrogens (tertiary/aromatic N) is 3. The molecule has 4 heteroatoms. The quantitative estimate of drug-likeness (QED) is 0.883. The van der Waals surface area contributed by atoms with Gasteiger partial charge in [-0.1, -0.05) is 6.92 Å². The van der Waals surface area contributed by atoms with Crippen LogP contribution in [0.2, 0.25) is 0 Å². The normalized spacial score (nSPS) is 16.9. The Balaban J connectivity index is 1.95. The summed E-state index contributed by atoms with van der Waals surface area (Å²) in [5, 5.41) is 3.35. The van der Waals surface area contributed by atoms with Gasteiger partial charge in [0.25, 0.3) is 0 Å². The van der Waals surface area contributed by atoms with Crippen LogP contribution in [-0.2, 0) is 0 Å². The second kappa shape index (κ2) is 6.75. The predicted molar refractivity (Wildman–Crippen MR) is 81.9 cm³/mol. The Morgan fingerprint density at radius 3 is 2.74 bits per heavy atom. The van der Waals surface area contributed by atoms with Gasteiger partial charge >= 0.3 is 0 Å². The minimum absolute atomic E-state index is 0.732. The molecule has 2 rings (SSSR count). The number of anilines is 2. The molecule has 0 spiro atoms. The van der Waals surface area contributed by atoms with E-state index in [0.717, 1.165) is 37.9 Å². The van der Waals surface area contributed by atoms with Gasteiger partial charge in [-0.2, -0.15) is 0 Å². The largest absolute Gasteiger partial charge is 0.371 e. The van der Waals surface area contributed by atoms with E-state index in [-0.39, 0.29) is 0 Å². The number of rotatable bonds is 5. The molecule has 19 heavy (non-hydrogen) atoms. The summed E-state index contributed by atoms with van der Waals surface area (Å²) in [5.41, 5.74) is 1.30. The van der Waals surface area contributed by atoms with Gasteiger partial charge in [-0.15, -0.1) is 0 Å². The first kappa shape index (κ1) is 14.1. The maximum atomic E-state index is 4.37. The first-order chi connectivity index (χ1) is 9.20. The van der Waals surface area contributed by atoms with Crippen molar-refractivity contribution in [2.45, 2.75) is 32.2 Å². The van der Waals surface area contributed by atoms with E-state index in [1.807, 2.05) is 6.20 Å². The van der Waals surface area contributed by atoms with Gasteiger partial charge in [-0.3, -0.25) is 0 Å². The molecule has 0 unspecified atom stereocenters. The average molecular weight is 262 g/mol. The van der Waals surface area contributed by atoms with E-state index in [1.165, 1.54) is 18.5 Å². The Hall–Kier alpha value is -1.29. The number of hydrogen-bond acceptors (Lipinski definition) is 4. The standard InChI is InChI=1S/C15H26N4/c1-4-8-16-15-12-14(5-9-17-15)19-10-6-13(7-11-19)18(2)3/h5,9,12-13H,4,6-8,10-11H2,1-3H3,(H,16,17). The first-order valence-electron chi connectivity index (χ1n) is 7.32. The Bertz CT molecular complexity index is 383. The van der Waals surface area contributed by atoms with Gasteiger partial charge in [0.05, 0.1) is 0 Å². The van der Waals surface area contributed by atoms with Crippen LogP contribution >= 0.6 is 0 Å². The molecule has 0 aliphatic carbocycles. The topological polar surface area (TPSA) is 31.4 Å². The van der Waals surface area contributed by atoms with E-state index in [4.69, 9.17) is 0 Å². The van der Waals surface area contributed by atoms with Crippen molar-refractivity contribution in [1.29, 1.82) is 0 Å². The highest BCUT2D eigenvalue weighted by atomic mass is 15.2. The van der Waals surface area contributed by atoms with Gasteiger partial charge in [0, 0.05) is 43.6 Å². The average Bonchev–Trinajstić information content (AvgIpc) is 2.45. The van der Waals surface area contributed by atoms with Gasteiger partial charge < -0.3 is 15.1 Å². The van der Waals surface area contributed by atoms with Crippen molar-refractivity contribution in [3.8, 4) is 0 Å². The monoisotopic (exact) mass is 262 g/mol. The van der Waals surface area contributed by atoms with Crippen LogP contribution in [0.15, 0.2) is 18.3 Å². The summed E-state index contributed by atoms with van der Waals surface area (Å²) in [6.45, 7) is 5.43. The van der Waals surface area contributed by atoms with E-state index < -0.39 is 0 Å². The van der Waals surface area contributed by atoms with Crippen LogP contribution in [0, 0.1) is 0 Å². The van der Waals surface area contributed by atoms with Crippen molar-refractivity contribution in [1.82, 2.24) is 9.88 Å². The van der Waals surface area contributed by atoms with Crippen molar-refractivity contribution in [2.75, 3.05) is 43.9 Å². The van der Waals surface area contributed by atoms with Crippen LogP contribution in [0.4, 0.5) is 11.5 Å². The molecule has 106 valence electrons. The molecule has 1 saturated heterocycles. The Morgan fingerprint density at radius 2 is 2.11 bits per heavy atom. The Labute approximate surface area is 116 Å². The third kappa shape index (κ3) is 3.83. The van der Waals surface area contributed by atoms with Gasteiger partial charge in [0.2, 0.25) is 0 Å². The maximum Gasteiger partial charge on any atom is 0.127 e. The molecule has 0 atom stereocenters. The van der Waals surface area contributed by atoms with Crippen molar-refractivity contribution in [2.24, 2.45) is 0 Å². The van der Waals surface area contributed by atoms with Gasteiger partial charge in [-0.05, 0) is 39.4 Å². The SMILES string of the molecule is CCCNc1cc(N2CCC(N(C)C)CC2)ccn1. The van der Waals surface area contributed by atoms with E-state index >= 15 is 0 Å². The van der Waals surface area contributed by atoms with E-state index in [0.29, 0.717) is 0 Å². The molecule has 1 aliphatic rings. The number of hydrogen-bond donors (Lipinski definition) is 1. The summed E-state index contributed by atoms with van der Waals surface area (Å²) < 4.78 is 0. The highest BCUT2D eigenvalue weighted by Gasteiger charge is 2.20. The fourth-order valence-electron chi connectivity index (χ4n) is 2.61. The molecule has 0 radical (unpaired) electrons. The Morgan fingerprint density at radius 1 is 1.37 bits per heavy atom. The molecule has 4 nitrogen and oxygen atoms in total. The first-order valence-corrected chi connectivity index (χ1v) is 7.32. The van der Waals surface area contributed by atoms with Crippen molar-refractivity contribution in [3.05, 3.63) is 18.3 Å². The highest BCUT2D eigenvalue weighted by molar-refractivity contribution is 5.54. The smallest absolute Gasteiger partial charge is 0.127 e. The third-order valence-electron chi connectivity index (χ3n) is 3.86. The van der Waals surface area contributed by atoms with E-state index in [2.05, 4.69) is 53.3 Å². The lowest BCUT2D eigenvalue weighted by atomic mass is 10.0. The summed E-state index contributed by atoms with van der Waals surface area (Å²) in [6, 6.07) is 5.02. The summed E-state index contributed by atoms with van der Waals surface area (Å²) >= 11 is 0. The van der Waals surface area contributed by atoms with Crippen molar-refractivity contribution in [3.63, 3.8) is 0 Å². The molecular formula is C15H26N4. The lowest BCUT2D eigenvalue weighted by Gasteiger charge is -2.36. The lowest BCUT2D eigenvalue weighted by molar-refractivity contribution is 0.249. The minimum atomic E-state index is 0.732. The van der Waals surface area contributed by atoms with E-state index in [1.54, 1.807) is 0 Å². The molecule has 1 aliphatic heterocycles. The number of aromatic nitrogens is 1. The molecule has 1 N–H and O–H groups in total. The molecule has 0 saturated carbocycles. The molecule has 1 aromatic rings. The molecule has 2 heterocycles. The number of pyridine rings is 1. The second-order valence-corrected chi connectivity index (χ2v) is 5.51. The van der Waals surface area contributed by atoms with Gasteiger partial charge in [-0.25, -0.2) is 4.98 Å². The number of piperidine rings is 1. The molecular weight excluding hydrogens is 236 g/mol. The van der Waals surface area contributed by atoms with Crippen molar-refractivity contribution >= 4 is 11.5 Å². The molecule has 1 aromatic heterocycles. The zero-order valence-electron chi connectivity index (χ0n) is 12.4. The molecule has 1 fully saturated rings. The highest BCUT2D eigenvalue weighted by Crippen LogP contribution is 2.23. The molecule has 0 amide bonds. The van der Waals surface area contributed by atoms with Crippen LogP contribution in [0.1, 0.15) is 26.2 Å². The van der Waals surface area contributed by atoms with E-state index in [9.17, 15) is 0 Å². The Kier molecular flexibility index (Phi) is 5.02. The van der Waals surface area contributed by atoms with Crippen LogP contribution < -0.4 is 10.2 Å². The zero-order valence-corrected chi connectivity index (χ0v) is 12.4. The molecule has 0 aromatic carbocycles. The predicted octanol–water partition coefficient (Wildman–Crippen LogP) is 2.43. The number of nitrogens with one attached hydrogen (secondary N) is 1. The minimum Gasteiger partial charge on any atom is -0.371 e. The van der Waals surface area contributed by atoms with Crippen LogP contribution in [0.3, 0.4) is 0 Å². The maximum absolute atomic E-state index is 4.37. The summed E-state index contributed by atoms with van der Waals surface area (Å²) in [6.07, 6.45) is 5.52. The third-order valence-corrected chi connectivity index (χ3v) is 3.86.